The molecule has 0 N–H and O–H groups in total. The monoisotopic (exact) mass is 532 g/mol. The van der Waals surface area contributed by atoms with Crippen molar-refractivity contribution in [3.63, 3.8) is 0 Å². The third kappa shape index (κ3) is 4.56. The zero-order chi connectivity index (χ0) is 27.6. The van der Waals surface area contributed by atoms with Gasteiger partial charge in [0.25, 0.3) is 5.91 Å². The zero-order valence-electron chi connectivity index (χ0n) is 21.7. The Kier molecular flexibility index (Phi) is 6.70. The lowest BCUT2D eigenvalue weighted by Gasteiger charge is -2.23. The molecule has 0 spiro atoms. The lowest BCUT2D eigenvalue weighted by atomic mass is 9.96. The lowest BCUT2D eigenvalue weighted by molar-refractivity contribution is 0.0600. The van der Waals surface area contributed by atoms with Gasteiger partial charge >= 0.3 is 5.97 Å². The summed E-state index contributed by atoms with van der Waals surface area (Å²) in [5.74, 6) is -0.900. The molecule has 2 heterocycles. The number of fused-ring (bicyclic) bond motifs is 2. The highest BCUT2D eigenvalue weighted by atomic mass is 19.1. The molecule has 0 fully saturated rings. The number of esters is 1. The van der Waals surface area contributed by atoms with Crippen LogP contribution in [0.5, 0.6) is 5.75 Å². The number of benzene rings is 4. The first kappa shape index (κ1) is 25.2. The highest BCUT2D eigenvalue weighted by Crippen LogP contribution is 2.43. The molecule has 7 heteroatoms. The molecule has 198 valence electrons. The third-order valence-electron chi connectivity index (χ3n) is 7.09. The van der Waals surface area contributed by atoms with Crippen LogP contribution >= 0.6 is 0 Å². The molecule has 0 unspecified atom stereocenters. The number of hydrogen-bond donors (Lipinski definition) is 0. The molecule has 1 aliphatic heterocycles. The molecule has 0 radical (unpaired) electrons. The molecule has 0 saturated heterocycles. The van der Waals surface area contributed by atoms with Crippen LogP contribution in [0.3, 0.4) is 0 Å². The van der Waals surface area contributed by atoms with Gasteiger partial charge in [-0.15, -0.1) is 0 Å². The fourth-order valence-electron chi connectivity index (χ4n) is 5.23. The summed E-state index contributed by atoms with van der Waals surface area (Å²) >= 11 is 0. The van der Waals surface area contributed by atoms with Crippen molar-refractivity contribution in [3.05, 3.63) is 142 Å². The van der Waals surface area contributed by atoms with Crippen LogP contribution in [0.2, 0.25) is 0 Å². The summed E-state index contributed by atoms with van der Waals surface area (Å²) in [7, 11) is 1.31. The van der Waals surface area contributed by atoms with E-state index in [2.05, 4.69) is 4.98 Å². The largest absolute Gasteiger partial charge is 0.478 e. The third-order valence-corrected chi connectivity index (χ3v) is 7.09. The van der Waals surface area contributed by atoms with Gasteiger partial charge in [0, 0.05) is 30.2 Å². The summed E-state index contributed by atoms with van der Waals surface area (Å²) in [5.41, 5.74) is 4.06. The maximum atomic E-state index is 14.0. The van der Waals surface area contributed by atoms with Crippen molar-refractivity contribution in [3.8, 4) is 5.75 Å². The minimum absolute atomic E-state index is 0.165. The van der Waals surface area contributed by atoms with E-state index in [9.17, 15) is 14.0 Å². The predicted octanol–water partition coefficient (Wildman–Crippen LogP) is 6.48. The van der Waals surface area contributed by atoms with Crippen LogP contribution < -0.4 is 4.74 Å². The summed E-state index contributed by atoms with van der Waals surface area (Å²) in [6, 6.07) is 29.0. The van der Waals surface area contributed by atoms with Crippen molar-refractivity contribution in [2.45, 2.75) is 19.2 Å². The quantitative estimate of drug-likeness (QED) is 0.224. The number of rotatable bonds is 7. The van der Waals surface area contributed by atoms with Gasteiger partial charge in [0.2, 0.25) is 0 Å². The van der Waals surface area contributed by atoms with E-state index in [0.29, 0.717) is 27.8 Å². The van der Waals surface area contributed by atoms with Crippen LogP contribution in [-0.4, -0.2) is 28.9 Å². The average molecular weight is 533 g/mol. The smallest absolute Gasteiger partial charge is 0.338 e. The molecule has 5 aromatic rings. The van der Waals surface area contributed by atoms with Gasteiger partial charge in [-0.3, -0.25) is 9.78 Å². The second kappa shape index (κ2) is 10.6. The van der Waals surface area contributed by atoms with E-state index in [0.717, 1.165) is 16.7 Å². The van der Waals surface area contributed by atoms with Crippen molar-refractivity contribution in [2.24, 2.45) is 0 Å². The number of methoxy groups -OCH3 is 1. The van der Waals surface area contributed by atoms with Crippen molar-refractivity contribution in [1.82, 2.24) is 9.88 Å². The average Bonchev–Trinajstić information content (AvgIpc) is 3.32. The second-order valence-corrected chi connectivity index (χ2v) is 9.56. The molecule has 0 aliphatic carbocycles. The molecule has 1 aliphatic rings. The van der Waals surface area contributed by atoms with E-state index in [1.165, 1.54) is 19.2 Å². The van der Waals surface area contributed by atoms with Crippen molar-refractivity contribution in [2.75, 3.05) is 7.11 Å². The number of aromatic nitrogens is 1. The van der Waals surface area contributed by atoms with Crippen molar-refractivity contribution in [1.29, 1.82) is 0 Å². The molecule has 6 rings (SSSR count). The number of pyridine rings is 1. The number of halogens is 1. The predicted molar refractivity (Wildman–Crippen MR) is 148 cm³/mol. The van der Waals surface area contributed by atoms with Gasteiger partial charge in [0.15, 0.2) is 5.75 Å². The van der Waals surface area contributed by atoms with Gasteiger partial charge < -0.3 is 14.4 Å². The molecule has 40 heavy (non-hydrogen) atoms. The fraction of sp³-hybridized carbons (Fsp3) is 0.121. The molecule has 0 atom stereocenters. The van der Waals surface area contributed by atoms with Crippen LogP contribution in [0.25, 0.3) is 10.9 Å². The molecule has 1 aromatic heterocycles. The van der Waals surface area contributed by atoms with E-state index in [1.807, 2.05) is 60.7 Å². The van der Waals surface area contributed by atoms with Gasteiger partial charge in [0.1, 0.15) is 17.4 Å². The van der Waals surface area contributed by atoms with Crippen molar-refractivity contribution >= 4 is 22.8 Å². The highest BCUT2D eigenvalue weighted by Gasteiger charge is 2.38. The first-order valence-corrected chi connectivity index (χ1v) is 12.9. The Morgan fingerprint density at radius 3 is 2.20 bits per heavy atom. The van der Waals surface area contributed by atoms with Crippen LogP contribution in [0.15, 0.2) is 103 Å². The molecular weight excluding hydrogens is 507 g/mol. The normalized spacial score (nSPS) is 12.6. The Hall–Kier alpha value is -5.04. The summed E-state index contributed by atoms with van der Waals surface area (Å²) in [4.78, 5) is 33.4. The van der Waals surface area contributed by atoms with Gasteiger partial charge in [0.05, 0.1) is 18.2 Å². The number of hydrogen-bond acceptors (Lipinski definition) is 5. The van der Waals surface area contributed by atoms with Gasteiger partial charge in [-0.1, -0.05) is 78.9 Å². The van der Waals surface area contributed by atoms with Crippen LogP contribution in [0, 0.1) is 5.82 Å². The number of amides is 1. The topological polar surface area (TPSA) is 68.7 Å². The molecule has 0 bridgehead atoms. The molecule has 0 saturated carbocycles. The summed E-state index contributed by atoms with van der Waals surface area (Å²) < 4.78 is 25.5. The Morgan fingerprint density at radius 1 is 0.925 bits per heavy atom. The van der Waals surface area contributed by atoms with E-state index < -0.39 is 12.1 Å². The summed E-state index contributed by atoms with van der Waals surface area (Å²) in [5, 5.41) is 0.541. The Balaban J connectivity index is 1.54. The van der Waals surface area contributed by atoms with Crippen molar-refractivity contribution < 1.29 is 23.5 Å². The maximum Gasteiger partial charge on any atom is 0.338 e. The lowest BCUT2D eigenvalue weighted by Crippen LogP contribution is -2.23. The fourth-order valence-corrected chi connectivity index (χ4v) is 5.23. The minimum atomic E-state index is -0.556. The molecule has 4 aromatic carbocycles. The van der Waals surface area contributed by atoms with Gasteiger partial charge in [-0.05, 0) is 34.9 Å². The van der Waals surface area contributed by atoms with Crippen LogP contribution in [-0.2, 0) is 17.8 Å². The van der Waals surface area contributed by atoms with Gasteiger partial charge in [-0.25, -0.2) is 9.18 Å². The highest BCUT2D eigenvalue weighted by molar-refractivity contribution is 6.14. The first-order chi connectivity index (χ1) is 19.5. The Morgan fingerprint density at radius 2 is 1.57 bits per heavy atom. The van der Waals surface area contributed by atoms with E-state index >= 15 is 0 Å². The second-order valence-electron chi connectivity index (χ2n) is 9.56. The van der Waals surface area contributed by atoms with Gasteiger partial charge in [-0.2, -0.15) is 0 Å². The Bertz CT molecular complexity index is 1670. The molecular formula is C33H25FN2O4. The zero-order valence-corrected chi connectivity index (χ0v) is 21.7. The molecule has 1 amide bonds. The Labute approximate surface area is 230 Å². The SMILES string of the molecule is COC(=O)c1c2c(c(OC(c3ccccc3)c3ccccc3)c3ncccc13)C(=O)N(Cc1ccc(F)cc1)C2. The minimum Gasteiger partial charge on any atom is -0.478 e. The van der Waals surface area contributed by atoms with Crippen LogP contribution in [0.1, 0.15) is 49.1 Å². The number of ether oxygens (including phenoxy) is 2. The van der Waals surface area contributed by atoms with Crippen LogP contribution in [0.4, 0.5) is 4.39 Å². The standard InChI is InChI=1S/C33H25FN2O4/c1-39-33(38)27-25-13-8-18-35-29(25)31(40-30(22-9-4-2-5-10-22)23-11-6-3-7-12-23)28-26(27)20-36(32(28)37)19-21-14-16-24(34)17-15-21/h2-18,30H,19-20H2,1H3. The summed E-state index contributed by atoms with van der Waals surface area (Å²) in [6.07, 6.45) is 1.07. The maximum absolute atomic E-state index is 14.0. The van der Waals surface area contributed by atoms with E-state index in [4.69, 9.17) is 9.47 Å². The number of nitrogens with zero attached hydrogens (tertiary/aromatic N) is 2. The first-order valence-electron chi connectivity index (χ1n) is 12.9. The number of carbonyl (C=O) groups is 2. The number of carbonyl (C=O) groups excluding carboxylic acids is 2. The van der Waals surface area contributed by atoms with E-state index in [-0.39, 0.29) is 30.4 Å². The summed E-state index contributed by atoms with van der Waals surface area (Å²) in [6.45, 7) is 0.400. The van der Waals surface area contributed by atoms with E-state index in [1.54, 1.807) is 35.4 Å². The molecule has 6 nitrogen and oxygen atoms in total.